The van der Waals surface area contributed by atoms with Gasteiger partial charge in [0.25, 0.3) is 0 Å². The van der Waals surface area contributed by atoms with Crippen molar-refractivity contribution in [1.82, 2.24) is 5.32 Å². The van der Waals surface area contributed by atoms with Gasteiger partial charge in [-0.3, -0.25) is 0 Å². The van der Waals surface area contributed by atoms with Crippen molar-refractivity contribution in [1.29, 1.82) is 0 Å². The molecule has 3 heteroatoms. The Morgan fingerprint density at radius 2 is 2.17 bits per heavy atom. The van der Waals surface area contributed by atoms with E-state index in [9.17, 15) is 5.11 Å². The largest absolute Gasteiger partial charge is 0.395 e. The normalized spacial score (nSPS) is 12.4. The number of rotatable bonds is 8. The minimum absolute atomic E-state index is 0.206. The second-order valence-electron chi connectivity index (χ2n) is 4.88. The van der Waals surface area contributed by atoms with Crippen LogP contribution in [0.1, 0.15) is 25.3 Å². The highest BCUT2D eigenvalue weighted by Gasteiger charge is 2.08. The molecule has 0 aliphatic rings. The van der Waals surface area contributed by atoms with Gasteiger partial charge >= 0.3 is 0 Å². The lowest BCUT2D eigenvalue weighted by molar-refractivity contribution is 0.237. The van der Waals surface area contributed by atoms with E-state index in [1.54, 1.807) is 0 Å². The summed E-state index contributed by atoms with van der Waals surface area (Å²) in [5.74, 6) is 0. The number of nitrogens with one attached hydrogen (secondary N) is 1. The second-order valence-corrected chi connectivity index (χ2v) is 4.88. The molecule has 0 radical (unpaired) electrons. The first kappa shape index (κ1) is 15.0. The molecule has 0 aliphatic carbocycles. The number of anilines is 1. The molecular formula is C15H26N2O. The van der Waals surface area contributed by atoms with Crippen molar-refractivity contribution in [3.63, 3.8) is 0 Å². The standard InChI is InChI=1S/C15H26N2O/c1-4-9-16-14(12-18)8-10-17(3)15-7-5-6-13(2)11-15/h5-7,11,14,16,18H,4,8-10,12H2,1-3H3. The van der Waals surface area contributed by atoms with E-state index >= 15 is 0 Å². The Labute approximate surface area is 111 Å². The van der Waals surface area contributed by atoms with Crippen LogP contribution in [0.3, 0.4) is 0 Å². The molecule has 1 unspecified atom stereocenters. The molecule has 0 aromatic heterocycles. The van der Waals surface area contributed by atoms with E-state index < -0.39 is 0 Å². The summed E-state index contributed by atoms with van der Waals surface area (Å²) in [6.07, 6.45) is 2.06. The first-order chi connectivity index (χ1) is 8.67. The van der Waals surface area contributed by atoms with Gasteiger partial charge in [0.1, 0.15) is 0 Å². The van der Waals surface area contributed by atoms with Crippen molar-refractivity contribution in [3.8, 4) is 0 Å². The van der Waals surface area contributed by atoms with Crippen molar-refractivity contribution in [2.45, 2.75) is 32.7 Å². The summed E-state index contributed by atoms with van der Waals surface area (Å²) < 4.78 is 0. The molecule has 1 aromatic carbocycles. The Morgan fingerprint density at radius 3 is 2.78 bits per heavy atom. The third kappa shape index (κ3) is 5.07. The average Bonchev–Trinajstić information content (AvgIpc) is 2.38. The number of hydrogen-bond acceptors (Lipinski definition) is 3. The Balaban J connectivity index is 2.42. The molecular weight excluding hydrogens is 224 g/mol. The number of aryl methyl sites for hydroxylation is 1. The van der Waals surface area contributed by atoms with Gasteiger partial charge in [-0.2, -0.15) is 0 Å². The van der Waals surface area contributed by atoms with Gasteiger partial charge < -0.3 is 15.3 Å². The van der Waals surface area contributed by atoms with Crippen molar-refractivity contribution >= 4 is 5.69 Å². The van der Waals surface area contributed by atoms with Crippen LogP contribution >= 0.6 is 0 Å². The van der Waals surface area contributed by atoms with E-state index in [0.717, 1.165) is 25.9 Å². The topological polar surface area (TPSA) is 35.5 Å². The van der Waals surface area contributed by atoms with E-state index in [1.807, 2.05) is 0 Å². The highest BCUT2D eigenvalue weighted by Crippen LogP contribution is 2.14. The molecule has 0 heterocycles. The molecule has 1 aromatic rings. The SMILES string of the molecule is CCCNC(CO)CCN(C)c1cccc(C)c1. The average molecular weight is 250 g/mol. The van der Waals surface area contributed by atoms with E-state index in [2.05, 4.69) is 55.4 Å². The fraction of sp³-hybridized carbons (Fsp3) is 0.600. The minimum Gasteiger partial charge on any atom is -0.395 e. The van der Waals surface area contributed by atoms with Gasteiger partial charge in [0.15, 0.2) is 0 Å². The summed E-state index contributed by atoms with van der Waals surface area (Å²) in [7, 11) is 2.10. The maximum Gasteiger partial charge on any atom is 0.0585 e. The Morgan fingerprint density at radius 1 is 1.39 bits per heavy atom. The van der Waals surface area contributed by atoms with Crippen LogP contribution in [0.25, 0.3) is 0 Å². The summed E-state index contributed by atoms with van der Waals surface area (Å²) in [5.41, 5.74) is 2.52. The quantitative estimate of drug-likeness (QED) is 0.742. The molecule has 102 valence electrons. The lowest BCUT2D eigenvalue weighted by atomic mass is 10.1. The van der Waals surface area contributed by atoms with Crippen molar-refractivity contribution in [3.05, 3.63) is 29.8 Å². The first-order valence-corrected chi connectivity index (χ1v) is 6.79. The lowest BCUT2D eigenvalue weighted by Crippen LogP contribution is -2.36. The van der Waals surface area contributed by atoms with Gasteiger partial charge in [0, 0.05) is 25.3 Å². The third-order valence-corrected chi connectivity index (χ3v) is 3.16. The monoisotopic (exact) mass is 250 g/mol. The number of benzene rings is 1. The van der Waals surface area contributed by atoms with Crippen LogP contribution in [-0.4, -0.2) is 37.9 Å². The highest BCUT2D eigenvalue weighted by atomic mass is 16.3. The van der Waals surface area contributed by atoms with Gasteiger partial charge in [0.05, 0.1) is 6.61 Å². The summed E-state index contributed by atoms with van der Waals surface area (Å²) in [5, 5.41) is 12.7. The number of aliphatic hydroxyl groups is 1. The maximum absolute atomic E-state index is 9.30. The first-order valence-electron chi connectivity index (χ1n) is 6.79. The Kier molecular flexibility index (Phi) is 6.76. The zero-order valence-electron chi connectivity index (χ0n) is 11.8. The molecule has 0 amide bonds. The second kappa shape index (κ2) is 8.11. The van der Waals surface area contributed by atoms with E-state index in [-0.39, 0.29) is 12.6 Å². The highest BCUT2D eigenvalue weighted by molar-refractivity contribution is 5.47. The van der Waals surface area contributed by atoms with E-state index in [0.29, 0.717) is 0 Å². The lowest BCUT2D eigenvalue weighted by Gasteiger charge is -2.23. The number of aliphatic hydroxyl groups excluding tert-OH is 1. The van der Waals surface area contributed by atoms with Crippen molar-refractivity contribution < 1.29 is 5.11 Å². The summed E-state index contributed by atoms with van der Waals surface area (Å²) in [4.78, 5) is 2.24. The van der Waals surface area contributed by atoms with Gasteiger partial charge in [-0.25, -0.2) is 0 Å². The maximum atomic E-state index is 9.30. The molecule has 2 N–H and O–H groups in total. The molecule has 0 bridgehead atoms. The van der Waals surface area contributed by atoms with Crippen molar-refractivity contribution in [2.75, 3.05) is 31.6 Å². The zero-order chi connectivity index (χ0) is 13.4. The van der Waals surface area contributed by atoms with Crippen LogP contribution in [0, 0.1) is 6.92 Å². The summed E-state index contributed by atoms with van der Waals surface area (Å²) >= 11 is 0. The Bertz CT molecular complexity index is 341. The van der Waals surface area contributed by atoms with Gasteiger partial charge in [-0.1, -0.05) is 19.1 Å². The van der Waals surface area contributed by atoms with Crippen LogP contribution < -0.4 is 10.2 Å². The minimum atomic E-state index is 0.206. The molecule has 1 atom stereocenters. The molecule has 0 saturated heterocycles. The molecule has 1 rings (SSSR count). The fourth-order valence-corrected chi connectivity index (χ4v) is 1.95. The van der Waals surface area contributed by atoms with Crippen LogP contribution in [0.5, 0.6) is 0 Å². The predicted molar refractivity (Wildman–Crippen MR) is 78.2 cm³/mol. The number of nitrogens with zero attached hydrogens (tertiary/aromatic N) is 1. The van der Waals surface area contributed by atoms with Crippen LogP contribution in [0.15, 0.2) is 24.3 Å². The molecule has 18 heavy (non-hydrogen) atoms. The fourth-order valence-electron chi connectivity index (χ4n) is 1.95. The van der Waals surface area contributed by atoms with Crippen molar-refractivity contribution in [2.24, 2.45) is 0 Å². The van der Waals surface area contributed by atoms with Crippen LogP contribution in [0.4, 0.5) is 5.69 Å². The third-order valence-electron chi connectivity index (χ3n) is 3.16. The van der Waals surface area contributed by atoms with Gasteiger partial charge in [-0.15, -0.1) is 0 Å². The Hall–Kier alpha value is -1.06. The van der Waals surface area contributed by atoms with Gasteiger partial charge in [0.2, 0.25) is 0 Å². The van der Waals surface area contributed by atoms with Crippen LogP contribution in [-0.2, 0) is 0 Å². The molecule has 3 nitrogen and oxygen atoms in total. The molecule has 0 saturated carbocycles. The number of hydrogen-bond donors (Lipinski definition) is 2. The molecule has 0 aliphatic heterocycles. The summed E-state index contributed by atoms with van der Waals surface area (Å²) in [6.45, 7) is 6.38. The van der Waals surface area contributed by atoms with E-state index in [1.165, 1.54) is 11.3 Å². The van der Waals surface area contributed by atoms with Gasteiger partial charge in [-0.05, 0) is 44.0 Å². The molecule has 0 fully saturated rings. The zero-order valence-corrected chi connectivity index (χ0v) is 11.8. The summed E-state index contributed by atoms with van der Waals surface area (Å²) in [6, 6.07) is 8.71. The van der Waals surface area contributed by atoms with E-state index in [4.69, 9.17) is 0 Å². The predicted octanol–water partition coefficient (Wildman–Crippen LogP) is 2.18. The molecule has 0 spiro atoms. The smallest absolute Gasteiger partial charge is 0.0585 e. The van der Waals surface area contributed by atoms with Crippen LogP contribution in [0.2, 0.25) is 0 Å².